The third kappa shape index (κ3) is 2.32. The Kier molecular flexibility index (Phi) is 2.70. The Hall–Kier alpha value is -1.02. The van der Waals surface area contributed by atoms with Crippen molar-refractivity contribution in [3.05, 3.63) is 29.8 Å². The van der Waals surface area contributed by atoms with Gasteiger partial charge in [0.1, 0.15) is 0 Å². The summed E-state index contributed by atoms with van der Waals surface area (Å²) in [5, 5.41) is 12.9. The van der Waals surface area contributed by atoms with Crippen LogP contribution in [0, 0.1) is 12.8 Å². The third-order valence-corrected chi connectivity index (χ3v) is 3.25. The van der Waals surface area contributed by atoms with Gasteiger partial charge >= 0.3 is 0 Å². The number of rotatable bonds is 4. The first-order valence-corrected chi connectivity index (χ1v) is 5.60. The van der Waals surface area contributed by atoms with Crippen molar-refractivity contribution in [2.45, 2.75) is 32.2 Å². The van der Waals surface area contributed by atoms with Crippen LogP contribution < -0.4 is 5.32 Å². The minimum absolute atomic E-state index is 0.145. The molecule has 2 N–H and O–H groups in total. The van der Waals surface area contributed by atoms with Gasteiger partial charge in [0.2, 0.25) is 0 Å². The van der Waals surface area contributed by atoms with Crippen molar-refractivity contribution in [3.8, 4) is 0 Å². The molecule has 1 aromatic rings. The van der Waals surface area contributed by atoms with Crippen LogP contribution in [0.4, 0.5) is 5.69 Å². The molecule has 0 heterocycles. The number of nitrogens with one attached hydrogen (secondary N) is 1. The van der Waals surface area contributed by atoms with Crippen LogP contribution in [0.15, 0.2) is 24.3 Å². The molecule has 1 unspecified atom stereocenters. The highest BCUT2D eigenvalue weighted by molar-refractivity contribution is 5.48. The minimum atomic E-state index is -0.145. The molecule has 1 aliphatic rings. The first-order valence-electron chi connectivity index (χ1n) is 5.60. The molecule has 0 saturated heterocycles. The summed E-state index contributed by atoms with van der Waals surface area (Å²) in [5.41, 5.74) is 2.21. The molecule has 1 fully saturated rings. The fourth-order valence-electron chi connectivity index (χ4n) is 2.04. The number of hydrogen-bond acceptors (Lipinski definition) is 2. The van der Waals surface area contributed by atoms with Crippen molar-refractivity contribution in [2.75, 3.05) is 11.9 Å². The molecule has 0 aliphatic heterocycles. The number of hydrogen-bond donors (Lipinski definition) is 2. The number of anilines is 1. The molecule has 2 rings (SSSR count). The average molecular weight is 205 g/mol. The van der Waals surface area contributed by atoms with Crippen molar-refractivity contribution in [2.24, 2.45) is 5.92 Å². The zero-order valence-corrected chi connectivity index (χ0v) is 9.46. The SMILES string of the molecule is Cc1cccc(NC(C)(CO)C2CC2)c1. The van der Waals surface area contributed by atoms with Crippen LogP contribution in [-0.2, 0) is 0 Å². The summed E-state index contributed by atoms with van der Waals surface area (Å²) in [6.45, 7) is 4.39. The van der Waals surface area contributed by atoms with Crippen molar-refractivity contribution in [1.82, 2.24) is 0 Å². The maximum atomic E-state index is 9.46. The van der Waals surface area contributed by atoms with Gasteiger partial charge in [-0.2, -0.15) is 0 Å². The number of aliphatic hydroxyl groups excluding tert-OH is 1. The van der Waals surface area contributed by atoms with E-state index in [0.717, 1.165) is 5.69 Å². The highest BCUT2D eigenvalue weighted by atomic mass is 16.3. The number of benzene rings is 1. The van der Waals surface area contributed by atoms with Gasteiger partial charge in [0.25, 0.3) is 0 Å². The van der Waals surface area contributed by atoms with Gasteiger partial charge in [0.05, 0.1) is 12.1 Å². The van der Waals surface area contributed by atoms with Crippen LogP contribution in [0.3, 0.4) is 0 Å². The van der Waals surface area contributed by atoms with E-state index in [1.807, 2.05) is 6.07 Å². The summed E-state index contributed by atoms with van der Waals surface area (Å²) in [4.78, 5) is 0. The zero-order chi connectivity index (χ0) is 10.9. The normalized spacial score (nSPS) is 19.7. The van der Waals surface area contributed by atoms with E-state index in [-0.39, 0.29) is 12.1 Å². The van der Waals surface area contributed by atoms with Crippen LogP contribution in [0.1, 0.15) is 25.3 Å². The van der Waals surface area contributed by atoms with Gasteiger partial charge in [-0.3, -0.25) is 0 Å². The molecule has 2 nitrogen and oxygen atoms in total. The Morgan fingerprint density at radius 2 is 2.20 bits per heavy atom. The van der Waals surface area contributed by atoms with Gasteiger partial charge in [-0.15, -0.1) is 0 Å². The Balaban J connectivity index is 2.12. The average Bonchev–Trinajstić information content (AvgIpc) is 3.01. The molecule has 0 radical (unpaired) electrons. The van der Waals surface area contributed by atoms with E-state index in [4.69, 9.17) is 0 Å². The summed E-state index contributed by atoms with van der Waals surface area (Å²) < 4.78 is 0. The molecule has 15 heavy (non-hydrogen) atoms. The lowest BCUT2D eigenvalue weighted by atomic mass is 9.96. The van der Waals surface area contributed by atoms with Gasteiger partial charge in [-0.1, -0.05) is 12.1 Å². The third-order valence-electron chi connectivity index (χ3n) is 3.25. The van der Waals surface area contributed by atoms with Crippen LogP contribution >= 0.6 is 0 Å². The van der Waals surface area contributed by atoms with E-state index in [0.29, 0.717) is 5.92 Å². The molecule has 82 valence electrons. The first-order chi connectivity index (χ1) is 7.14. The second-order valence-corrected chi connectivity index (χ2v) is 4.84. The Bertz CT molecular complexity index is 346. The molecule has 1 saturated carbocycles. The van der Waals surface area contributed by atoms with Crippen LogP contribution in [0.5, 0.6) is 0 Å². The second-order valence-electron chi connectivity index (χ2n) is 4.84. The molecule has 2 heteroatoms. The second kappa shape index (κ2) is 3.86. The quantitative estimate of drug-likeness (QED) is 0.791. The molecule has 0 aromatic heterocycles. The molecular formula is C13H19NO. The van der Waals surface area contributed by atoms with Crippen molar-refractivity contribution >= 4 is 5.69 Å². The van der Waals surface area contributed by atoms with E-state index in [1.165, 1.54) is 18.4 Å². The lowest BCUT2D eigenvalue weighted by molar-refractivity contribution is 0.206. The topological polar surface area (TPSA) is 32.3 Å². The van der Waals surface area contributed by atoms with E-state index in [1.54, 1.807) is 0 Å². The maximum absolute atomic E-state index is 9.46. The molecule has 1 atom stereocenters. The number of aryl methyl sites for hydroxylation is 1. The molecule has 0 amide bonds. The van der Waals surface area contributed by atoms with E-state index in [9.17, 15) is 5.11 Å². The molecule has 0 spiro atoms. The highest BCUT2D eigenvalue weighted by Gasteiger charge is 2.40. The van der Waals surface area contributed by atoms with Gasteiger partial charge in [-0.05, 0) is 50.3 Å². The Morgan fingerprint density at radius 3 is 2.73 bits per heavy atom. The molecule has 1 aliphatic carbocycles. The predicted molar refractivity (Wildman–Crippen MR) is 63.0 cm³/mol. The summed E-state index contributed by atoms with van der Waals surface area (Å²) in [6, 6.07) is 8.31. The predicted octanol–water partition coefficient (Wildman–Crippen LogP) is 2.57. The van der Waals surface area contributed by atoms with Gasteiger partial charge in [0, 0.05) is 5.69 Å². The fourth-order valence-corrected chi connectivity index (χ4v) is 2.04. The maximum Gasteiger partial charge on any atom is 0.0661 e. The Morgan fingerprint density at radius 1 is 1.47 bits per heavy atom. The van der Waals surface area contributed by atoms with E-state index < -0.39 is 0 Å². The summed E-state index contributed by atoms with van der Waals surface area (Å²) in [5.74, 6) is 0.628. The largest absolute Gasteiger partial charge is 0.394 e. The summed E-state index contributed by atoms with van der Waals surface area (Å²) in [6.07, 6.45) is 2.46. The van der Waals surface area contributed by atoms with Gasteiger partial charge in [-0.25, -0.2) is 0 Å². The zero-order valence-electron chi connectivity index (χ0n) is 9.46. The summed E-state index contributed by atoms with van der Waals surface area (Å²) >= 11 is 0. The first kappa shape index (κ1) is 10.5. The summed E-state index contributed by atoms with van der Waals surface area (Å²) in [7, 11) is 0. The van der Waals surface area contributed by atoms with Gasteiger partial charge in [0.15, 0.2) is 0 Å². The van der Waals surface area contributed by atoms with E-state index >= 15 is 0 Å². The smallest absolute Gasteiger partial charge is 0.0661 e. The standard InChI is InChI=1S/C13H19NO/c1-10-4-3-5-12(8-10)14-13(2,9-15)11-6-7-11/h3-5,8,11,14-15H,6-7,9H2,1-2H3. The van der Waals surface area contributed by atoms with Crippen molar-refractivity contribution in [3.63, 3.8) is 0 Å². The Labute approximate surface area is 91.3 Å². The van der Waals surface area contributed by atoms with Crippen molar-refractivity contribution in [1.29, 1.82) is 0 Å². The highest BCUT2D eigenvalue weighted by Crippen LogP contribution is 2.41. The molecule has 1 aromatic carbocycles. The monoisotopic (exact) mass is 205 g/mol. The van der Waals surface area contributed by atoms with Gasteiger partial charge < -0.3 is 10.4 Å². The number of aliphatic hydroxyl groups is 1. The van der Waals surface area contributed by atoms with Crippen LogP contribution in [0.25, 0.3) is 0 Å². The molecular weight excluding hydrogens is 186 g/mol. The lowest BCUT2D eigenvalue weighted by Crippen LogP contribution is -2.41. The van der Waals surface area contributed by atoms with Crippen LogP contribution in [-0.4, -0.2) is 17.3 Å². The van der Waals surface area contributed by atoms with Crippen molar-refractivity contribution < 1.29 is 5.11 Å². The van der Waals surface area contributed by atoms with Crippen LogP contribution in [0.2, 0.25) is 0 Å². The van der Waals surface area contributed by atoms with E-state index in [2.05, 4.69) is 37.4 Å². The fraction of sp³-hybridized carbons (Fsp3) is 0.538. The minimum Gasteiger partial charge on any atom is -0.394 e. The molecule has 0 bridgehead atoms. The lowest BCUT2D eigenvalue weighted by Gasteiger charge is -2.30.